The topological polar surface area (TPSA) is 133 Å². The van der Waals surface area contributed by atoms with Crippen molar-refractivity contribution in [3.63, 3.8) is 0 Å². The van der Waals surface area contributed by atoms with Crippen LogP contribution in [0.5, 0.6) is 0 Å². The molecule has 2 aromatic rings. The van der Waals surface area contributed by atoms with Crippen LogP contribution in [-0.2, 0) is 9.59 Å². The molecule has 3 rings (SSSR count). The van der Waals surface area contributed by atoms with Gasteiger partial charge in [-0.05, 0) is 49.2 Å². The van der Waals surface area contributed by atoms with Gasteiger partial charge in [0.15, 0.2) is 0 Å². The van der Waals surface area contributed by atoms with Crippen LogP contribution in [0.15, 0.2) is 60.7 Å². The number of benzene rings is 2. The van der Waals surface area contributed by atoms with Crippen molar-refractivity contribution < 1.29 is 29.4 Å². The molecule has 1 aliphatic carbocycles. The fourth-order valence-electron chi connectivity index (χ4n) is 3.33. The summed E-state index contributed by atoms with van der Waals surface area (Å²) in [4.78, 5) is 47.9. The van der Waals surface area contributed by atoms with E-state index in [1.54, 1.807) is 12.1 Å². The summed E-state index contributed by atoms with van der Waals surface area (Å²) in [6, 6.07) is 11.8. The molecule has 2 amide bonds. The van der Waals surface area contributed by atoms with Crippen molar-refractivity contribution in [1.29, 1.82) is 0 Å². The standard InChI is InChI=1S/C22H20N2O6/c25-19(23-14-11-9-13(10-12-14)21(27)28)15-5-1-2-6-16(15)20(26)24-18-8-4-3-7-17(18)22(29)30/h1-4,7-12,15-16H,5-6H2,(H,23,25)(H,24,26)(H,27,28)(H,29,30). The lowest BCUT2D eigenvalue weighted by Gasteiger charge is -2.27. The first-order chi connectivity index (χ1) is 14.4. The molecule has 0 radical (unpaired) electrons. The average Bonchev–Trinajstić information content (AvgIpc) is 2.74. The van der Waals surface area contributed by atoms with Crippen LogP contribution in [0.4, 0.5) is 11.4 Å². The molecule has 8 heteroatoms. The quantitative estimate of drug-likeness (QED) is 0.543. The number of anilines is 2. The SMILES string of the molecule is O=C(O)c1ccc(NC(=O)C2CC=CCC2C(=O)Nc2ccccc2C(=O)O)cc1. The third kappa shape index (κ3) is 4.72. The molecule has 30 heavy (non-hydrogen) atoms. The summed E-state index contributed by atoms with van der Waals surface area (Å²) in [6.07, 6.45) is 4.35. The molecular formula is C22H20N2O6. The first kappa shape index (κ1) is 20.8. The predicted molar refractivity (Wildman–Crippen MR) is 109 cm³/mol. The van der Waals surface area contributed by atoms with E-state index < -0.39 is 29.7 Å². The van der Waals surface area contributed by atoms with Gasteiger partial charge < -0.3 is 20.8 Å². The van der Waals surface area contributed by atoms with Crippen LogP contribution in [0.3, 0.4) is 0 Å². The van der Waals surface area contributed by atoms with Gasteiger partial charge >= 0.3 is 11.9 Å². The van der Waals surface area contributed by atoms with Crippen LogP contribution in [0.2, 0.25) is 0 Å². The molecule has 0 heterocycles. The van der Waals surface area contributed by atoms with Gasteiger partial charge in [-0.1, -0.05) is 24.3 Å². The Hall–Kier alpha value is -3.94. The number of carboxylic acid groups (broad SMARTS) is 2. The number of hydrogen-bond donors (Lipinski definition) is 4. The van der Waals surface area contributed by atoms with Gasteiger partial charge in [-0.15, -0.1) is 0 Å². The number of allylic oxidation sites excluding steroid dienone is 2. The molecule has 4 N–H and O–H groups in total. The number of nitrogens with one attached hydrogen (secondary N) is 2. The van der Waals surface area contributed by atoms with E-state index in [2.05, 4.69) is 10.6 Å². The van der Waals surface area contributed by atoms with E-state index in [4.69, 9.17) is 5.11 Å². The Kier molecular flexibility index (Phi) is 6.26. The maximum atomic E-state index is 12.8. The average molecular weight is 408 g/mol. The molecule has 2 unspecified atom stereocenters. The molecule has 2 atom stereocenters. The van der Waals surface area contributed by atoms with Gasteiger partial charge in [0, 0.05) is 5.69 Å². The molecule has 0 saturated carbocycles. The molecule has 0 saturated heterocycles. The maximum Gasteiger partial charge on any atom is 0.337 e. The van der Waals surface area contributed by atoms with Crippen molar-refractivity contribution in [2.45, 2.75) is 12.8 Å². The van der Waals surface area contributed by atoms with Crippen LogP contribution in [0.1, 0.15) is 33.6 Å². The summed E-state index contributed by atoms with van der Waals surface area (Å²) in [5, 5.41) is 23.6. The van der Waals surface area contributed by atoms with E-state index in [1.807, 2.05) is 12.2 Å². The smallest absolute Gasteiger partial charge is 0.337 e. The van der Waals surface area contributed by atoms with Gasteiger partial charge in [-0.2, -0.15) is 0 Å². The Balaban J connectivity index is 1.73. The molecule has 154 valence electrons. The zero-order chi connectivity index (χ0) is 21.7. The Morgan fingerprint density at radius 2 is 1.30 bits per heavy atom. The second-order valence-electron chi connectivity index (χ2n) is 6.87. The number of aromatic carboxylic acids is 2. The minimum atomic E-state index is -1.16. The highest BCUT2D eigenvalue weighted by Gasteiger charge is 2.34. The molecule has 0 aliphatic heterocycles. The minimum Gasteiger partial charge on any atom is -0.478 e. The third-order valence-corrected chi connectivity index (χ3v) is 4.92. The zero-order valence-corrected chi connectivity index (χ0v) is 15.9. The molecule has 0 spiro atoms. The normalized spacial score (nSPS) is 17.7. The molecule has 0 aromatic heterocycles. The van der Waals surface area contributed by atoms with E-state index >= 15 is 0 Å². The van der Waals surface area contributed by atoms with Crippen molar-refractivity contribution >= 4 is 35.1 Å². The van der Waals surface area contributed by atoms with E-state index in [-0.39, 0.29) is 22.7 Å². The van der Waals surface area contributed by atoms with Crippen LogP contribution in [0.25, 0.3) is 0 Å². The molecule has 8 nitrogen and oxygen atoms in total. The molecule has 0 fully saturated rings. The number of para-hydroxylation sites is 1. The molecule has 2 aromatic carbocycles. The lowest BCUT2D eigenvalue weighted by Crippen LogP contribution is -2.37. The second-order valence-corrected chi connectivity index (χ2v) is 6.87. The first-order valence-corrected chi connectivity index (χ1v) is 9.29. The van der Waals surface area contributed by atoms with Crippen molar-refractivity contribution in [3.8, 4) is 0 Å². The molecule has 0 bridgehead atoms. The second kappa shape index (κ2) is 9.04. The molecule has 1 aliphatic rings. The Bertz CT molecular complexity index is 1010. The summed E-state index contributed by atoms with van der Waals surface area (Å²) in [6.45, 7) is 0. The number of hydrogen-bond acceptors (Lipinski definition) is 4. The summed E-state index contributed by atoms with van der Waals surface area (Å²) < 4.78 is 0. The van der Waals surface area contributed by atoms with Crippen LogP contribution >= 0.6 is 0 Å². The Labute approximate surface area is 172 Å². The zero-order valence-electron chi connectivity index (χ0n) is 15.9. The summed E-state index contributed by atoms with van der Waals surface area (Å²) in [5.41, 5.74) is 0.669. The van der Waals surface area contributed by atoms with Gasteiger partial charge in [0.1, 0.15) is 0 Å². The van der Waals surface area contributed by atoms with Crippen molar-refractivity contribution in [1.82, 2.24) is 0 Å². The fourth-order valence-corrected chi connectivity index (χ4v) is 3.33. The van der Waals surface area contributed by atoms with Gasteiger partial charge in [0.2, 0.25) is 11.8 Å². The van der Waals surface area contributed by atoms with Crippen molar-refractivity contribution in [3.05, 3.63) is 71.8 Å². The lowest BCUT2D eigenvalue weighted by atomic mass is 9.81. The van der Waals surface area contributed by atoms with E-state index in [0.29, 0.717) is 18.5 Å². The number of amides is 2. The number of rotatable bonds is 6. The van der Waals surface area contributed by atoms with Crippen LogP contribution < -0.4 is 10.6 Å². The van der Waals surface area contributed by atoms with Gasteiger partial charge in [0.05, 0.1) is 28.7 Å². The summed E-state index contributed by atoms with van der Waals surface area (Å²) >= 11 is 0. The molecular weight excluding hydrogens is 388 g/mol. The maximum absolute atomic E-state index is 12.8. The number of carbonyl (C=O) groups excluding carboxylic acids is 2. The predicted octanol–water partition coefficient (Wildman–Crippen LogP) is 3.24. The van der Waals surface area contributed by atoms with E-state index in [1.165, 1.54) is 36.4 Å². The monoisotopic (exact) mass is 408 g/mol. The Morgan fingerprint density at radius 1 is 0.733 bits per heavy atom. The highest BCUT2D eigenvalue weighted by molar-refractivity contribution is 6.03. The third-order valence-electron chi connectivity index (χ3n) is 4.92. The summed E-state index contributed by atoms with van der Waals surface area (Å²) in [5.74, 6) is -4.35. The first-order valence-electron chi connectivity index (χ1n) is 9.29. The highest BCUT2D eigenvalue weighted by Crippen LogP contribution is 2.29. The minimum absolute atomic E-state index is 0.0308. The van der Waals surface area contributed by atoms with E-state index in [0.717, 1.165) is 0 Å². The lowest BCUT2D eigenvalue weighted by molar-refractivity contribution is -0.129. The number of carboxylic acids is 2. The van der Waals surface area contributed by atoms with Crippen LogP contribution in [-0.4, -0.2) is 34.0 Å². The Morgan fingerprint density at radius 3 is 1.87 bits per heavy atom. The largest absolute Gasteiger partial charge is 0.478 e. The highest BCUT2D eigenvalue weighted by atomic mass is 16.4. The van der Waals surface area contributed by atoms with Gasteiger partial charge in [0.25, 0.3) is 0 Å². The van der Waals surface area contributed by atoms with Crippen molar-refractivity contribution in [2.75, 3.05) is 10.6 Å². The summed E-state index contributed by atoms with van der Waals surface area (Å²) in [7, 11) is 0. The fraction of sp³-hybridized carbons (Fsp3) is 0.182. The van der Waals surface area contributed by atoms with Gasteiger partial charge in [-0.3, -0.25) is 9.59 Å². The number of carbonyl (C=O) groups is 4. The van der Waals surface area contributed by atoms with E-state index in [9.17, 15) is 24.3 Å². The van der Waals surface area contributed by atoms with Crippen molar-refractivity contribution in [2.24, 2.45) is 11.8 Å². The van der Waals surface area contributed by atoms with Gasteiger partial charge in [-0.25, -0.2) is 9.59 Å². The van der Waals surface area contributed by atoms with Crippen LogP contribution in [0, 0.1) is 11.8 Å².